The number of carboxylic acid groups (broad SMARTS) is 1. The molecule has 1 saturated heterocycles. The van der Waals surface area contributed by atoms with Crippen molar-refractivity contribution in [2.45, 2.75) is 38.6 Å². The van der Waals surface area contributed by atoms with Gasteiger partial charge in [-0.15, -0.1) is 0 Å². The fourth-order valence-electron chi connectivity index (χ4n) is 6.00. The Morgan fingerprint density at radius 1 is 1.03 bits per heavy atom. The highest BCUT2D eigenvalue weighted by Crippen LogP contribution is 2.51. The fourth-order valence-corrected chi connectivity index (χ4v) is 6.00. The molecule has 1 aliphatic heterocycles. The number of aliphatic carboxylic acids is 1. The van der Waals surface area contributed by atoms with Crippen molar-refractivity contribution >= 4 is 18.0 Å². The minimum absolute atomic E-state index is 0.0272. The Balaban J connectivity index is 1.23. The highest BCUT2D eigenvalue weighted by Gasteiger charge is 2.57. The number of hydrogen-bond donors (Lipinski definition) is 2. The molecule has 2 aromatic rings. The first-order valence-corrected chi connectivity index (χ1v) is 12.5. The van der Waals surface area contributed by atoms with Gasteiger partial charge in [-0.25, -0.2) is 4.79 Å². The summed E-state index contributed by atoms with van der Waals surface area (Å²) in [5.41, 5.74) is 4.59. The Morgan fingerprint density at radius 2 is 1.66 bits per heavy atom. The molecule has 0 bridgehead atoms. The fraction of sp³-hybridized carbons (Fsp3) is 0.464. The molecule has 0 radical (unpaired) electrons. The monoisotopic (exact) mass is 476 g/mol. The van der Waals surface area contributed by atoms with Crippen molar-refractivity contribution in [3.63, 3.8) is 0 Å². The summed E-state index contributed by atoms with van der Waals surface area (Å²) in [6.45, 7) is 5.18. The number of hydrogen-bond acceptors (Lipinski definition) is 4. The minimum Gasteiger partial charge on any atom is -0.481 e. The molecule has 4 unspecified atom stereocenters. The molecule has 35 heavy (non-hydrogen) atoms. The molecule has 2 fully saturated rings. The number of likely N-dealkylation sites (tertiary alicyclic amines) is 1. The number of nitrogens with one attached hydrogen (secondary N) is 1. The number of carbonyl (C=O) groups is 3. The summed E-state index contributed by atoms with van der Waals surface area (Å²) in [7, 11) is 0. The number of fused-ring (bicyclic) bond motifs is 4. The van der Waals surface area contributed by atoms with Crippen LogP contribution < -0.4 is 5.32 Å². The summed E-state index contributed by atoms with van der Waals surface area (Å²) in [6, 6.07) is 15.6. The second-order valence-electron chi connectivity index (χ2n) is 10.4. The summed E-state index contributed by atoms with van der Waals surface area (Å²) in [5, 5.41) is 12.2. The largest absolute Gasteiger partial charge is 0.481 e. The average Bonchev–Trinajstić information content (AvgIpc) is 3.49. The molecule has 7 nitrogen and oxygen atoms in total. The van der Waals surface area contributed by atoms with Crippen LogP contribution in [0.5, 0.6) is 0 Å². The molecule has 4 atom stereocenters. The first-order valence-electron chi connectivity index (χ1n) is 12.5. The molecule has 1 saturated carbocycles. The molecule has 0 aromatic heterocycles. The molecule has 5 rings (SSSR count). The zero-order valence-corrected chi connectivity index (χ0v) is 20.1. The maximum atomic E-state index is 13.3. The Kier molecular flexibility index (Phi) is 6.26. The molecule has 184 valence electrons. The second kappa shape index (κ2) is 9.36. The molecule has 7 heteroatoms. The van der Waals surface area contributed by atoms with Crippen LogP contribution in [-0.4, -0.2) is 53.7 Å². The van der Waals surface area contributed by atoms with Gasteiger partial charge in [0.2, 0.25) is 5.91 Å². The smallest absolute Gasteiger partial charge is 0.407 e. The number of alkyl carbamates (subject to hydrolysis) is 1. The van der Waals surface area contributed by atoms with Crippen LogP contribution in [0.2, 0.25) is 0 Å². The van der Waals surface area contributed by atoms with Crippen molar-refractivity contribution in [3.05, 3.63) is 59.7 Å². The molecular weight excluding hydrogens is 444 g/mol. The Morgan fingerprint density at radius 3 is 2.26 bits per heavy atom. The van der Waals surface area contributed by atoms with Crippen molar-refractivity contribution in [2.24, 2.45) is 23.7 Å². The summed E-state index contributed by atoms with van der Waals surface area (Å²) in [5.74, 6) is -0.912. The lowest BCUT2D eigenvalue weighted by Crippen LogP contribution is -2.51. The number of ether oxygens (including phenoxy) is 1. The maximum absolute atomic E-state index is 13.3. The molecule has 3 aliphatic rings. The van der Waals surface area contributed by atoms with Gasteiger partial charge in [-0.05, 0) is 52.8 Å². The third-order valence-electron chi connectivity index (χ3n) is 7.73. The van der Waals surface area contributed by atoms with Gasteiger partial charge in [0.1, 0.15) is 12.6 Å². The highest BCUT2D eigenvalue weighted by atomic mass is 16.5. The first kappa shape index (κ1) is 23.4. The van der Waals surface area contributed by atoms with Crippen molar-refractivity contribution in [1.29, 1.82) is 0 Å². The van der Waals surface area contributed by atoms with Crippen molar-refractivity contribution in [1.82, 2.24) is 10.2 Å². The molecule has 2 aliphatic carbocycles. The van der Waals surface area contributed by atoms with E-state index in [4.69, 9.17) is 4.74 Å². The van der Waals surface area contributed by atoms with Crippen molar-refractivity contribution in [2.75, 3.05) is 19.7 Å². The van der Waals surface area contributed by atoms with Crippen LogP contribution in [0.25, 0.3) is 11.1 Å². The summed E-state index contributed by atoms with van der Waals surface area (Å²) in [4.78, 5) is 39.3. The van der Waals surface area contributed by atoms with E-state index in [1.54, 1.807) is 4.90 Å². The van der Waals surface area contributed by atoms with Gasteiger partial charge in [0.15, 0.2) is 0 Å². The normalized spacial score (nSPS) is 23.2. The predicted octanol–water partition coefficient (Wildman–Crippen LogP) is 4.12. The number of piperidine rings is 1. The van der Waals surface area contributed by atoms with Crippen LogP contribution in [0.15, 0.2) is 48.5 Å². The number of carboxylic acids is 1. The second-order valence-corrected chi connectivity index (χ2v) is 10.4. The van der Waals surface area contributed by atoms with Gasteiger partial charge in [0.05, 0.1) is 5.92 Å². The topological polar surface area (TPSA) is 95.9 Å². The van der Waals surface area contributed by atoms with Gasteiger partial charge in [-0.3, -0.25) is 9.59 Å². The van der Waals surface area contributed by atoms with E-state index in [9.17, 15) is 19.5 Å². The zero-order chi connectivity index (χ0) is 24.7. The Bertz CT molecular complexity index is 1100. The van der Waals surface area contributed by atoms with Crippen LogP contribution >= 0.6 is 0 Å². The standard InChI is InChI=1S/C28H32N2O5/c1-16(2)13-24(26(31)30-12-11-21-22(14-30)25(21)27(32)33)29-28(34)35-15-23-19-9-5-3-7-17(19)18-8-4-6-10-20(18)23/h3-10,16,21-25H,11-15H2,1-2H3,(H,29,34)(H,32,33). The number of nitrogens with zero attached hydrogens (tertiary/aromatic N) is 1. The maximum Gasteiger partial charge on any atom is 0.407 e. The van der Waals surface area contributed by atoms with Crippen LogP contribution in [0.4, 0.5) is 4.79 Å². The van der Waals surface area contributed by atoms with Gasteiger partial charge in [0, 0.05) is 19.0 Å². The van der Waals surface area contributed by atoms with E-state index in [0.717, 1.165) is 22.3 Å². The predicted molar refractivity (Wildman–Crippen MR) is 131 cm³/mol. The molecule has 2 amide bonds. The quantitative estimate of drug-likeness (QED) is 0.627. The summed E-state index contributed by atoms with van der Waals surface area (Å²) >= 11 is 0. The third kappa shape index (κ3) is 4.51. The average molecular weight is 477 g/mol. The van der Waals surface area contributed by atoms with Crippen LogP contribution in [0, 0.1) is 23.7 Å². The number of rotatable bonds is 7. The lowest BCUT2D eigenvalue weighted by molar-refractivity contribution is -0.139. The minimum atomic E-state index is -0.773. The van der Waals surface area contributed by atoms with Gasteiger partial charge < -0.3 is 20.1 Å². The van der Waals surface area contributed by atoms with E-state index in [-0.39, 0.29) is 42.1 Å². The van der Waals surface area contributed by atoms with E-state index in [2.05, 4.69) is 29.6 Å². The van der Waals surface area contributed by atoms with Crippen molar-refractivity contribution in [3.8, 4) is 11.1 Å². The van der Waals surface area contributed by atoms with E-state index >= 15 is 0 Å². The molecular formula is C28H32N2O5. The van der Waals surface area contributed by atoms with Crippen molar-refractivity contribution < 1.29 is 24.2 Å². The number of carbonyl (C=O) groups excluding carboxylic acids is 2. The first-order chi connectivity index (χ1) is 16.8. The number of benzene rings is 2. The molecule has 2 N–H and O–H groups in total. The van der Waals surface area contributed by atoms with E-state index < -0.39 is 18.1 Å². The Labute approximate surface area is 205 Å². The lowest BCUT2D eigenvalue weighted by Gasteiger charge is -2.31. The van der Waals surface area contributed by atoms with Crippen LogP contribution in [-0.2, 0) is 14.3 Å². The van der Waals surface area contributed by atoms with Gasteiger partial charge in [0.25, 0.3) is 0 Å². The Hall–Kier alpha value is -3.35. The SMILES string of the molecule is CC(C)CC(NC(=O)OCC1c2ccccc2-c2ccccc21)C(=O)N1CCC2C(C1)C2C(=O)O. The molecule has 2 aromatic carbocycles. The van der Waals surface area contributed by atoms with Gasteiger partial charge >= 0.3 is 12.1 Å². The molecule has 1 heterocycles. The van der Waals surface area contributed by atoms with Crippen LogP contribution in [0.3, 0.4) is 0 Å². The van der Waals surface area contributed by atoms with E-state index in [1.807, 2.05) is 38.1 Å². The highest BCUT2D eigenvalue weighted by molar-refractivity contribution is 5.86. The summed E-state index contributed by atoms with van der Waals surface area (Å²) in [6.07, 6.45) is 0.596. The third-order valence-corrected chi connectivity index (χ3v) is 7.73. The molecule has 0 spiro atoms. The lowest BCUT2D eigenvalue weighted by atomic mass is 9.98. The zero-order valence-electron chi connectivity index (χ0n) is 20.1. The van der Waals surface area contributed by atoms with E-state index in [0.29, 0.717) is 25.9 Å². The number of amides is 2. The van der Waals surface area contributed by atoms with E-state index in [1.165, 1.54) is 0 Å². The van der Waals surface area contributed by atoms with Gasteiger partial charge in [-0.2, -0.15) is 0 Å². The van der Waals surface area contributed by atoms with Gasteiger partial charge in [-0.1, -0.05) is 62.4 Å². The summed E-state index contributed by atoms with van der Waals surface area (Å²) < 4.78 is 5.67. The van der Waals surface area contributed by atoms with Crippen LogP contribution in [0.1, 0.15) is 43.7 Å².